The van der Waals surface area contributed by atoms with Crippen molar-refractivity contribution in [2.75, 3.05) is 5.32 Å². The highest BCUT2D eigenvalue weighted by atomic mass is 35.5. The molecule has 0 aliphatic rings. The summed E-state index contributed by atoms with van der Waals surface area (Å²) in [4.78, 5) is 15.8. The Balaban J connectivity index is 0.00000162. The minimum atomic E-state index is -0.182. The molecule has 18 heavy (non-hydrogen) atoms. The van der Waals surface area contributed by atoms with Gasteiger partial charge in [-0.3, -0.25) is 9.78 Å². The molecular weight excluding hydrogens is 271 g/mol. The quantitative estimate of drug-likeness (QED) is 0.912. The van der Waals surface area contributed by atoms with Crippen molar-refractivity contribution in [1.82, 2.24) is 4.98 Å². The van der Waals surface area contributed by atoms with Gasteiger partial charge in [0.05, 0.1) is 0 Å². The zero-order chi connectivity index (χ0) is 12.3. The van der Waals surface area contributed by atoms with Crippen LogP contribution in [0.5, 0.6) is 0 Å². The molecule has 0 unspecified atom stereocenters. The predicted molar refractivity (Wildman–Crippen MR) is 75.6 cm³/mol. The van der Waals surface area contributed by atoms with E-state index in [-0.39, 0.29) is 18.3 Å². The molecular formula is C13H12Cl2N2O. The number of carbonyl (C=O) groups is 1. The number of halogens is 2. The molecule has 1 N–H and O–H groups in total. The molecule has 0 radical (unpaired) electrons. The third-order valence-corrected chi connectivity index (χ3v) is 2.78. The highest BCUT2D eigenvalue weighted by Gasteiger charge is 2.07. The minimum Gasteiger partial charge on any atom is -0.322 e. The first kappa shape index (κ1) is 14.5. The fourth-order valence-electron chi connectivity index (χ4n) is 1.37. The van der Waals surface area contributed by atoms with Crippen molar-refractivity contribution in [1.29, 1.82) is 0 Å². The Labute approximate surface area is 117 Å². The van der Waals surface area contributed by atoms with Crippen molar-refractivity contribution < 1.29 is 4.79 Å². The summed E-state index contributed by atoms with van der Waals surface area (Å²) in [5.74, 6) is -0.182. The van der Waals surface area contributed by atoms with Crippen molar-refractivity contribution in [3.05, 3.63) is 58.9 Å². The number of aryl methyl sites for hydroxylation is 1. The maximum Gasteiger partial charge on any atom is 0.255 e. The number of hydrogen-bond donors (Lipinski definition) is 1. The molecule has 1 aromatic heterocycles. The van der Waals surface area contributed by atoms with Crippen LogP contribution >= 0.6 is 24.0 Å². The number of nitrogens with one attached hydrogen (secondary N) is 1. The fourth-order valence-corrected chi connectivity index (χ4v) is 1.55. The number of rotatable bonds is 2. The van der Waals surface area contributed by atoms with Crippen LogP contribution in [0.1, 0.15) is 15.9 Å². The highest BCUT2D eigenvalue weighted by molar-refractivity contribution is 6.31. The Morgan fingerprint density at radius 3 is 2.50 bits per heavy atom. The van der Waals surface area contributed by atoms with E-state index >= 15 is 0 Å². The number of pyridine rings is 1. The highest BCUT2D eigenvalue weighted by Crippen LogP contribution is 2.17. The molecule has 0 spiro atoms. The second-order valence-corrected chi connectivity index (χ2v) is 4.06. The number of hydrogen-bond acceptors (Lipinski definition) is 2. The summed E-state index contributed by atoms with van der Waals surface area (Å²) in [5.41, 5.74) is 2.20. The first-order valence-corrected chi connectivity index (χ1v) is 5.52. The van der Waals surface area contributed by atoms with Crippen molar-refractivity contribution in [2.24, 2.45) is 0 Å². The lowest BCUT2D eigenvalue weighted by molar-refractivity contribution is 0.102. The van der Waals surface area contributed by atoms with Crippen LogP contribution in [0.15, 0.2) is 42.7 Å². The number of nitrogens with zero attached hydrogens (tertiary/aromatic N) is 1. The van der Waals surface area contributed by atoms with E-state index in [9.17, 15) is 4.79 Å². The first-order valence-electron chi connectivity index (χ1n) is 5.14. The number of carbonyl (C=O) groups excluding carboxylic acids is 1. The third kappa shape index (κ3) is 3.45. The monoisotopic (exact) mass is 282 g/mol. The molecule has 2 rings (SSSR count). The third-order valence-electron chi connectivity index (χ3n) is 2.37. The molecule has 0 aliphatic carbocycles. The Kier molecular flexibility index (Phi) is 5.13. The molecule has 0 atom stereocenters. The summed E-state index contributed by atoms with van der Waals surface area (Å²) < 4.78 is 0. The van der Waals surface area contributed by atoms with Crippen LogP contribution in [0.2, 0.25) is 5.02 Å². The zero-order valence-electron chi connectivity index (χ0n) is 9.68. The van der Waals surface area contributed by atoms with Gasteiger partial charge in [0.1, 0.15) is 0 Å². The largest absolute Gasteiger partial charge is 0.322 e. The van der Waals surface area contributed by atoms with E-state index in [0.29, 0.717) is 16.3 Å². The van der Waals surface area contributed by atoms with E-state index in [2.05, 4.69) is 10.3 Å². The van der Waals surface area contributed by atoms with Gasteiger partial charge in [0.25, 0.3) is 5.91 Å². The Bertz CT molecular complexity index is 544. The summed E-state index contributed by atoms with van der Waals surface area (Å²) >= 11 is 5.97. The van der Waals surface area contributed by atoms with E-state index in [1.54, 1.807) is 36.7 Å². The maximum absolute atomic E-state index is 11.9. The number of anilines is 1. The molecule has 0 saturated carbocycles. The molecule has 1 heterocycles. The van der Waals surface area contributed by atoms with Gasteiger partial charge in [0.2, 0.25) is 0 Å². The van der Waals surface area contributed by atoms with E-state index < -0.39 is 0 Å². The van der Waals surface area contributed by atoms with Crippen LogP contribution < -0.4 is 5.32 Å². The molecule has 0 fully saturated rings. The fraction of sp³-hybridized carbons (Fsp3) is 0.0769. The standard InChI is InChI=1S/C13H11ClN2O.ClH/c1-9-2-3-10(8-12(9)14)13(17)16-11-4-6-15-7-5-11;/h2-8H,1H3,(H,15,16,17);1H. The Morgan fingerprint density at radius 1 is 1.22 bits per heavy atom. The van der Waals surface area contributed by atoms with Gasteiger partial charge < -0.3 is 5.32 Å². The van der Waals surface area contributed by atoms with Gasteiger partial charge in [0.15, 0.2) is 0 Å². The van der Waals surface area contributed by atoms with E-state index in [4.69, 9.17) is 11.6 Å². The summed E-state index contributed by atoms with van der Waals surface area (Å²) in [6.07, 6.45) is 3.25. The molecule has 0 aliphatic heterocycles. The van der Waals surface area contributed by atoms with Gasteiger partial charge in [-0.15, -0.1) is 12.4 Å². The number of amides is 1. The van der Waals surface area contributed by atoms with Gasteiger partial charge in [-0.2, -0.15) is 0 Å². The van der Waals surface area contributed by atoms with E-state index in [1.807, 2.05) is 13.0 Å². The summed E-state index contributed by atoms with van der Waals surface area (Å²) in [6, 6.07) is 8.69. The molecule has 0 saturated heterocycles. The van der Waals surface area contributed by atoms with E-state index in [1.165, 1.54) is 0 Å². The summed E-state index contributed by atoms with van der Waals surface area (Å²) in [7, 11) is 0. The summed E-state index contributed by atoms with van der Waals surface area (Å²) in [6.45, 7) is 1.90. The lowest BCUT2D eigenvalue weighted by Gasteiger charge is -2.06. The van der Waals surface area contributed by atoms with E-state index in [0.717, 1.165) is 5.56 Å². The molecule has 2 aromatic rings. The van der Waals surface area contributed by atoms with Gasteiger partial charge >= 0.3 is 0 Å². The van der Waals surface area contributed by atoms with Crippen LogP contribution in [0.4, 0.5) is 5.69 Å². The lowest BCUT2D eigenvalue weighted by Crippen LogP contribution is -2.11. The van der Waals surface area contributed by atoms with Crippen LogP contribution in [-0.4, -0.2) is 10.9 Å². The van der Waals surface area contributed by atoms with Crippen molar-refractivity contribution in [3.8, 4) is 0 Å². The Hall–Kier alpha value is -1.58. The molecule has 3 nitrogen and oxygen atoms in total. The molecule has 94 valence electrons. The molecule has 1 amide bonds. The van der Waals surface area contributed by atoms with Crippen molar-refractivity contribution in [3.63, 3.8) is 0 Å². The SMILES string of the molecule is Cc1ccc(C(=O)Nc2ccncc2)cc1Cl.Cl. The summed E-state index contributed by atoms with van der Waals surface area (Å²) in [5, 5.41) is 3.36. The van der Waals surface area contributed by atoms with Crippen molar-refractivity contribution >= 4 is 35.6 Å². The van der Waals surface area contributed by atoms with Crippen LogP contribution in [0, 0.1) is 6.92 Å². The minimum absolute atomic E-state index is 0. The van der Waals surface area contributed by atoms with Crippen LogP contribution in [-0.2, 0) is 0 Å². The maximum atomic E-state index is 11.9. The normalized spacial score (nSPS) is 9.44. The smallest absolute Gasteiger partial charge is 0.255 e. The average Bonchev–Trinajstić information content (AvgIpc) is 2.34. The molecule has 1 aromatic carbocycles. The second-order valence-electron chi connectivity index (χ2n) is 3.65. The first-order chi connectivity index (χ1) is 8.16. The zero-order valence-corrected chi connectivity index (χ0v) is 11.3. The Morgan fingerprint density at radius 2 is 1.89 bits per heavy atom. The van der Waals surface area contributed by atoms with Crippen molar-refractivity contribution in [2.45, 2.75) is 6.92 Å². The van der Waals surface area contributed by atoms with Gasteiger partial charge in [-0.25, -0.2) is 0 Å². The van der Waals surface area contributed by atoms with Gasteiger partial charge in [-0.1, -0.05) is 17.7 Å². The predicted octanol–water partition coefficient (Wildman–Crippen LogP) is 3.72. The average molecular weight is 283 g/mol. The topological polar surface area (TPSA) is 42.0 Å². The lowest BCUT2D eigenvalue weighted by atomic mass is 10.1. The second kappa shape index (κ2) is 6.38. The van der Waals surface area contributed by atoms with Crippen LogP contribution in [0.3, 0.4) is 0 Å². The molecule has 0 bridgehead atoms. The van der Waals surface area contributed by atoms with Crippen LogP contribution in [0.25, 0.3) is 0 Å². The van der Waals surface area contributed by atoms with Gasteiger partial charge in [-0.05, 0) is 36.8 Å². The molecule has 5 heteroatoms. The van der Waals surface area contributed by atoms with Gasteiger partial charge in [0, 0.05) is 28.7 Å². The number of aromatic nitrogens is 1. The number of benzene rings is 1.